The molecule has 0 bridgehead atoms. The van der Waals surface area contributed by atoms with Gasteiger partial charge in [0.1, 0.15) is 11.6 Å². The highest BCUT2D eigenvalue weighted by Gasteiger charge is 2.36. The molecule has 22 heavy (non-hydrogen) atoms. The number of halogens is 1. The summed E-state index contributed by atoms with van der Waals surface area (Å²) in [6.07, 6.45) is 0. The van der Waals surface area contributed by atoms with Gasteiger partial charge in [-0.1, -0.05) is 43.6 Å². The molecule has 1 aromatic carbocycles. The standard InChI is InChI=1S/C16H15ClN4O/c1-8(2)14-13-12(9-5-3-4-6-11(9)17)10(7-18)15(19)22-16(13)21-20-14/h3-6,8,12H,19H2,1-2H3,(H,20,21)/t12-/m1/s1. The van der Waals surface area contributed by atoms with Crippen LogP contribution in [-0.2, 0) is 0 Å². The summed E-state index contributed by atoms with van der Waals surface area (Å²) in [5.41, 5.74) is 8.82. The van der Waals surface area contributed by atoms with Crippen molar-refractivity contribution >= 4 is 11.6 Å². The maximum atomic E-state index is 9.54. The Kier molecular flexibility index (Phi) is 3.55. The predicted octanol–water partition coefficient (Wildman–Crippen LogP) is 3.40. The molecule has 3 N–H and O–H groups in total. The Hall–Kier alpha value is -2.45. The van der Waals surface area contributed by atoms with Gasteiger partial charge in [0.2, 0.25) is 11.8 Å². The number of nitriles is 1. The minimum atomic E-state index is -0.376. The molecular formula is C16H15ClN4O. The largest absolute Gasteiger partial charge is 0.420 e. The minimum absolute atomic E-state index is 0.0710. The molecule has 0 fully saturated rings. The van der Waals surface area contributed by atoms with E-state index in [1.54, 1.807) is 6.07 Å². The van der Waals surface area contributed by atoms with Gasteiger partial charge in [-0.15, -0.1) is 5.10 Å². The minimum Gasteiger partial charge on any atom is -0.420 e. The van der Waals surface area contributed by atoms with Crippen LogP contribution < -0.4 is 10.5 Å². The highest BCUT2D eigenvalue weighted by atomic mass is 35.5. The van der Waals surface area contributed by atoms with Crippen LogP contribution in [0.4, 0.5) is 0 Å². The van der Waals surface area contributed by atoms with Crippen LogP contribution in [0.15, 0.2) is 35.7 Å². The Morgan fingerprint density at radius 1 is 1.41 bits per heavy atom. The third-order valence-corrected chi connectivity index (χ3v) is 4.11. The zero-order valence-corrected chi connectivity index (χ0v) is 13.0. The van der Waals surface area contributed by atoms with Gasteiger partial charge in [0, 0.05) is 10.7 Å². The first kappa shape index (κ1) is 14.5. The van der Waals surface area contributed by atoms with Gasteiger partial charge in [0.05, 0.1) is 11.5 Å². The summed E-state index contributed by atoms with van der Waals surface area (Å²) in [5, 5.41) is 17.3. The first-order valence-corrected chi connectivity index (χ1v) is 7.32. The van der Waals surface area contributed by atoms with Gasteiger partial charge >= 0.3 is 0 Å². The van der Waals surface area contributed by atoms with Crippen molar-refractivity contribution in [2.45, 2.75) is 25.7 Å². The monoisotopic (exact) mass is 314 g/mol. The maximum Gasteiger partial charge on any atom is 0.244 e. The molecule has 0 saturated carbocycles. The lowest BCUT2D eigenvalue weighted by Crippen LogP contribution is -2.21. The quantitative estimate of drug-likeness (QED) is 0.889. The maximum absolute atomic E-state index is 9.54. The smallest absolute Gasteiger partial charge is 0.244 e. The summed E-state index contributed by atoms with van der Waals surface area (Å²) >= 11 is 6.35. The number of ether oxygens (including phenoxy) is 1. The Morgan fingerprint density at radius 3 is 2.77 bits per heavy atom. The normalized spacial score (nSPS) is 17.1. The number of aromatic nitrogens is 2. The fourth-order valence-electron chi connectivity index (χ4n) is 2.73. The molecule has 5 nitrogen and oxygen atoms in total. The van der Waals surface area contributed by atoms with E-state index in [4.69, 9.17) is 22.1 Å². The second kappa shape index (κ2) is 5.39. The highest BCUT2D eigenvalue weighted by molar-refractivity contribution is 6.31. The summed E-state index contributed by atoms with van der Waals surface area (Å²) < 4.78 is 5.51. The molecule has 112 valence electrons. The topological polar surface area (TPSA) is 87.7 Å². The highest BCUT2D eigenvalue weighted by Crippen LogP contribution is 2.45. The van der Waals surface area contributed by atoms with E-state index in [-0.39, 0.29) is 17.7 Å². The van der Waals surface area contributed by atoms with E-state index < -0.39 is 0 Å². The summed E-state index contributed by atoms with van der Waals surface area (Å²) in [4.78, 5) is 0. The second-order valence-corrected chi connectivity index (χ2v) is 5.86. The van der Waals surface area contributed by atoms with Crippen molar-refractivity contribution < 1.29 is 4.74 Å². The molecule has 6 heteroatoms. The van der Waals surface area contributed by atoms with Gasteiger partial charge in [0.25, 0.3) is 0 Å². The van der Waals surface area contributed by atoms with Crippen LogP contribution in [0.25, 0.3) is 0 Å². The number of nitrogens with two attached hydrogens (primary N) is 1. The average molecular weight is 315 g/mol. The molecule has 1 aliphatic rings. The molecule has 0 saturated heterocycles. The van der Waals surface area contributed by atoms with E-state index in [1.807, 2.05) is 32.0 Å². The van der Waals surface area contributed by atoms with Gasteiger partial charge < -0.3 is 10.5 Å². The fraction of sp³-hybridized carbons (Fsp3) is 0.250. The fourth-order valence-corrected chi connectivity index (χ4v) is 2.97. The molecule has 3 rings (SSSR count). The molecule has 0 amide bonds. The summed E-state index contributed by atoms with van der Waals surface area (Å²) in [7, 11) is 0. The van der Waals surface area contributed by atoms with Gasteiger partial charge in [-0.25, -0.2) is 0 Å². The Balaban J connectivity index is 2.29. The number of nitrogens with zero attached hydrogens (tertiary/aromatic N) is 2. The van der Waals surface area contributed by atoms with E-state index >= 15 is 0 Å². The van der Waals surface area contributed by atoms with E-state index in [1.165, 1.54) is 0 Å². The number of fused-ring (bicyclic) bond motifs is 1. The second-order valence-electron chi connectivity index (χ2n) is 5.46. The number of hydrogen-bond donors (Lipinski definition) is 2. The van der Waals surface area contributed by atoms with E-state index in [0.29, 0.717) is 16.5 Å². The molecule has 0 spiro atoms. The number of aromatic amines is 1. The van der Waals surface area contributed by atoms with E-state index in [0.717, 1.165) is 16.8 Å². The molecule has 1 atom stereocenters. The Labute approximate surface area is 133 Å². The van der Waals surface area contributed by atoms with Crippen molar-refractivity contribution in [3.63, 3.8) is 0 Å². The number of nitrogens with one attached hydrogen (secondary N) is 1. The molecule has 2 aromatic rings. The summed E-state index contributed by atoms with van der Waals surface area (Å²) in [6.45, 7) is 4.09. The third kappa shape index (κ3) is 2.13. The van der Waals surface area contributed by atoms with Crippen molar-refractivity contribution in [1.29, 1.82) is 5.26 Å². The number of rotatable bonds is 2. The van der Waals surface area contributed by atoms with Crippen LogP contribution in [0.1, 0.15) is 42.5 Å². The van der Waals surface area contributed by atoms with Crippen LogP contribution in [0.3, 0.4) is 0 Å². The summed E-state index contributed by atoms with van der Waals surface area (Å²) in [5.74, 6) is 0.301. The third-order valence-electron chi connectivity index (χ3n) is 3.76. The van der Waals surface area contributed by atoms with E-state index in [2.05, 4.69) is 16.3 Å². The van der Waals surface area contributed by atoms with Gasteiger partial charge in [-0.3, -0.25) is 5.10 Å². The lowest BCUT2D eigenvalue weighted by atomic mass is 9.82. The number of hydrogen-bond acceptors (Lipinski definition) is 4. The number of benzene rings is 1. The number of H-pyrrole nitrogens is 1. The first-order chi connectivity index (χ1) is 10.5. The van der Waals surface area contributed by atoms with Gasteiger partial charge in [0.15, 0.2) is 0 Å². The van der Waals surface area contributed by atoms with Crippen molar-refractivity contribution in [2.75, 3.05) is 0 Å². The molecular weight excluding hydrogens is 300 g/mol. The Morgan fingerprint density at radius 2 is 2.14 bits per heavy atom. The van der Waals surface area contributed by atoms with E-state index in [9.17, 15) is 5.26 Å². The summed E-state index contributed by atoms with van der Waals surface area (Å²) in [6, 6.07) is 9.58. The van der Waals surface area contributed by atoms with Crippen LogP contribution in [0, 0.1) is 11.3 Å². The van der Waals surface area contributed by atoms with Crippen molar-refractivity contribution in [2.24, 2.45) is 5.73 Å². The molecule has 0 radical (unpaired) electrons. The zero-order valence-electron chi connectivity index (χ0n) is 12.2. The Bertz CT molecular complexity index is 801. The lowest BCUT2D eigenvalue weighted by Gasteiger charge is -2.25. The molecule has 0 unspecified atom stereocenters. The zero-order chi connectivity index (χ0) is 15.9. The van der Waals surface area contributed by atoms with Crippen molar-refractivity contribution in [3.8, 4) is 11.9 Å². The number of allylic oxidation sites excluding steroid dienone is 1. The van der Waals surface area contributed by atoms with Crippen LogP contribution in [-0.4, -0.2) is 10.2 Å². The molecule has 1 aromatic heterocycles. The molecule has 2 heterocycles. The molecule has 0 aliphatic carbocycles. The van der Waals surface area contributed by atoms with Gasteiger partial charge in [-0.05, 0) is 17.5 Å². The SMILES string of the molecule is CC(C)c1[nH]nc2c1[C@H](c1ccccc1Cl)C(C#N)=C(N)O2. The van der Waals surface area contributed by atoms with Gasteiger partial charge in [-0.2, -0.15) is 5.26 Å². The predicted molar refractivity (Wildman–Crippen MR) is 83.4 cm³/mol. The molecule has 1 aliphatic heterocycles. The van der Waals surface area contributed by atoms with Crippen LogP contribution in [0.5, 0.6) is 5.88 Å². The lowest BCUT2D eigenvalue weighted by molar-refractivity contribution is 0.378. The average Bonchev–Trinajstić information content (AvgIpc) is 2.90. The van der Waals surface area contributed by atoms with Crippen molar-refractivity contribution in [3.05, 3.63) is 57.6 Å². The van der Waals surface area contributed by atoms with Crippen LogP contribution in [0.2, 0.25) is 5.02 Å². The first-order valence-electron chi connectivity index (χ1n) is 6.94. The van der Waals surface area contributed by atoms with Crippen molar-refractivity contribution in [1.82, 2.24) is 10.2 Å². The van der Waals surface area contributed by atoms with Crippen LogP contribution >= 0.6 is 11.6 Å².